The monoisotopic (exact) mass is 295 g/mol. The molecule has 3 unspecified atom stereocenters. The quantitative estimate of drug-likeness (QED) is 0.819. The summed E-state index contributed by atoms with van der Waals surface area (Å²) in [6, 6.07) is 8.98. The van der Waals surface area contributed by atoms with Crippen molar-refractivity contribution < 1.29 is 5.11 Å². The van der Waals surface area contributed by atoms with Crippen LogP contribution in [0.3, 0.4) is 0 Å². The number of aliphatic hydroxyl groups is 1. The summed E-state index contributed by atoms with van der Waals surface area (Å²) in [6.45, 7) is 2.52. The third-order valence-electron chi connectivity index (χ3n) is 4.41. The Morgan fingerprint density at radius 2 is 1.95 bits per heavy atom. The predicted molar refractivity (Wildman–Crippen MR) is 85.1 cm³/mol. The molecule has 1 aromatic carbocycles. The van der Waals surface area contributed by atoms with E-state index in [0.717, 1.165) is 24.3 Å². The largest absolute Gasteiger partial charge is 0.396 e. The first kappa shape index (κ1) is 15.8. The average molecular weight is 296 g/mol. The van der Waals surface area contributed by atoms with Crippen molar-refractivity contribution in [1.29, 1.82) is 0 Å². The van der Waals surface area contributed by atoms with E-state index in [1.54, 1.807) is 0 Å². The number of hydrogen-bond acceptors (Lipinski definition) is 2. The third kappa shape index (κ3) is 4.21. The molecular formula is C17H26ClNO. The first-order valence-electron chi connectivity index (χ1n) is 7.87. The molecule has 0 amide bonds. The molecule has 0 aliphatic heterocycles. The van der Waals surface area contributed by atoms with Gasteiger partial charge in [0.1, 0.15) is 0 Å². The molecule has 2 nitrogen and oxygen atoms in total. The highest BCUT2D eigenvalue weighted by Gasteiger charge is 2.26. The van der Waals surface area contributed by atoms with Crippen LogP contribution in [0.2, 0.25) is 5.02 Å². The van der Waals surface area contributed by atoms with Crippen molar-refractivity contribution in [3.63, 3.8) is 0 Å². The van der Waals surface area contributed by atoms with E-state index < -0.39 is 0 Å². The van der Waals surface area contributed by atoms with Gasteiger partial charge in [-0.2, -0.15) is 0 Å². The van der Waals surface area contributed by atoms with Gasteiger partial charge in [0, 0.05) is 23.7 Å². The van der Waals surface area contributed by atoms with E-state index >= 15 is 0 Å². The summed E-state index contributed by atoms with van der Waals surface area (Å²) >= 11 is 5.98. The molecule has 3 heteroatoms. The minimum atomic E-state index is 0.303. The second-order valence-electron chi connectivity index (χ2n) is 5.89. The number of nitrogens with one attached hydrogen (secondary N) is 1. The number of rotatable bonds is 6. The summed E-state index contributed by atoms with van der Waals surface area (Å²) in [7, 11) is 0. The fourth-order valence-electron chi connectivity index (χ4n) is 3.23. The zero-order valence-electron chi connectivity index (χ0n) is 12.3. The first-order chi connectivity index (χ1) is 9.74. The zero-order chi connectivity index (χ0) is 14.4. The van der Waals surface area contributed by atoms with E-state index in [-0.39, 0.29) is 0 Å². The van der Waals surface area contributed by atoms with Crippen molar-refractivity contribution in [2.75, 3.05) is 6.61 Å². The normalized spacial score (nSPS) is 24.6. The maximum absolute atomic E-state index is 9.55. The Bertz CT molecular complexity index is 392. The van der Waals surface area contributed by atoms with Gasteiger partial charge in [-0.3, -0.25) is 0 Å². The van der Waals surface area contributed by atoms with Gasteiger partial charge in [0.15, 0.2) is 0 Å². The predicted octanol–water partition coefficient (Wildman–Crippen LogP) is 4.32. The van der Waals surface area contributed by atoms with E-state index in [2.05, 4.69) is 24.4 Å². The Morgan fingerprint density at radius 1 is 1.25 bits per heavy atom. The van der Waals surface area contributed by atoms with Crippen molar-refractivity contribution in [1.82, 2.24) is 5.32 Å². The van der Waals surface area contributed by atoms with Gasteiger partial charge in [-0.25, -0.2) is 0 Å². The molecule has 1 aromatic rings. The maximum atomic E-state index is 9.55. The molecule has 1 saturated carbocycles. The average Bonchev–Trinajstić information content (AvgIpc) is 2.48. The van der Waals surface area contributed by atoms with Crippen LogP contribution in [0.4, 0.5) is 0 Å². The lowest BCUT2D eigenvalue weighted by Crippen LogP contribution is -2.42. The summed E-state index contributed by atoms with van der Waals surface area (Å²) in [6.07, 6.45) is 7.12. The van der Waals surface area contributed by atoms with Crippen molar-refractivity contribution in [2.45, 2.75) is 57.5 Å². The van der Waals surface area contributed by atoms with Crippen LogP contribution in [0, 0.1) is 5.92 Å². The van der Waals surface area contributed by atoms with Gasteiger partial charge in [-0.15, -0.1) is 0 Å². The van der Waals surface area contributed by atoms with E-state index in [1.165, 1.54) is 24.8 Å². The topological polar surface area (TPSA) is 32.3 Å². The van der Waals surface area contributed by atoms with E-state index in [1.807, 2.05) is 12.1 Å². The molecule has 112 valence electrons. The second-order valence-corrected chi connectivity index (χ2v) is 6.33. The number of hydrogen-bond donors (Lipinski definition) is 2. The van der Waals surface area contributed by atoms with Crippen LogP contribution in [-0.4, -0.2) is 17.8 Å². The highest BCUT2D eigenvalue weighted by molar-refractivity contribution is 6.30. The van der Waals surface area contributed by atoms with Gasteiger partial charge in [0.2, 0.25) is 0 Å². The zero-order valence-corrected chi connectivity index (χ0v) is 13.1. The lowest BCUT2D eigenvalue weighted by molar-refractivity contribution is 0.144. The Labute approximate surface area is 127 Å². The summed E-state index contributed by atoms with van der Waals surface area (Å²) in [4.78, 5) is 0. The number of benzene rings is 1. The molecule has 2 N–H and O–H groups in total. The second kappa shape index (κ2) is 8.02. The van der Waals surface area contributed by atoms with Gasteiger partial charge < -0.3 is 10.4 Å². The molecule has 1 aliphatic rings. The fourth-order valence-corrected chi connectivity index (χ4v) is 3.36. The smallest absolute Gasteiger partial charge is 0.0474 e. The SMILES string of the molecule is CCCC(NC1CCCCC1CO)c1ccc(Cl)cc1. The lowest BCUT2D eigenvalue weighted by Gasteiger charge is -2.34. The molecule has 0 bridgehead atoms. The Hall–Kier alpha value is -0.570. The molecule has 1 fully saturated rings. The molecule has 0 aromatic heterocycles. The molecule has 0 spiro atoms. The summed E-state index contributed by atoms with van der Waals surface area (Å²) < 4.78 is 0. The van der Waals surface area contributed by atoms with Crippen molar-refractivity contribution in [3.05, 3.63) is 34.9 Å². The molecule has 20 heavy (non-hydrogen) atoms. The summed E-state index contributed by atoms with van der Waals surface area (Å²) in [5.74, 6) is 0.412. The number of aliphatic hydroxyl groups excluding tert-OH is 1. The molecular weight excluding hydrogens is 270 g/mol. The summed E-state index contributed by atoms with van der Waals surface area (Å²) in [5.41, 5.74) is 1.30. The number of halogens is 1. The van der Waals surface area contributed by atoms with E-state index in [9.17, 15) is 5.11 Å². The first-order valence-corrected chi connectivity index (χ1v) is 8.24. The third-order valence-corrected chi connectivity index (χ3v) is 4.66. The van der Waals surface area contributed by atoms with Crippen LogP contribution in [0.25, 0.3) is 0 Å². The van der Waals surface area contributed by atoms with Crippen molar-refractivity contribution in [2.24, 2.45) is 5.92 Å². The van der Waals surface area contributed by atoms with Crippen LogP contribution in [-0.2, 0) is 0 Å². The Balaban J connectivity index is 2.06. The van der Waals surface area contributed by atoms with Crippen LogP contribution in [0.5, 0.6) is 0 Å². The molecule has 0 radical (unpaired) electrons. The van der Waals surface area contributed by atoms with Gasteiger partial charge in [-0.1, -0.05) is 49.9 Å². The van der Waals surface area contributed by atoms with Gasteiger partial charge in [0.25, 0.3) is 0 Å². The standard InChI is InChI=1S/C17H26ClNO/c1-2-5-16(13-8-10-15(18)11-9-13)19-17-7-4-3-6-14(17)12-20/h8-11,14,16-17,19-20H,2-7,12H2,1H3. The van der Waals surface area contributed by atoms with Crippen LogP contribution in [0.15, 0.2) is 24.3 Å². The minimum Gasteiger partial charge on any atom is -0.396 e. The van der Waals surface area contributed by atoms with Crippen molar-refractivity contribution >= 4 is 11.6 Å². The van der Waals surface area contributed by atoms with Gasteiger partial charge in [-0.05, 0) is 42.9 Å². The molecule has 0 saturated heterocycles. The van der Waals surface area contributed by atoms with E-state index in [4.69, 9.17) is 11.6 Å². The lowest BCUT2D eigenvalue weighted by atomic mass is 9.84. The molecule has 3 atom stereocenters. The summed E-state index contributed by atoms with van der Waals surface area (Å²) in [5, 5.41) is 14.1. The Kier molecular flexibility index (Phi) is 6.34. The van der Waals surface area contributed by atoms with Crippen LogP contribution >= 0.6 is 11.6 Å². The van der Waals surface area contributed by atoms with Crippen molar-refractivity contribution in [3.8, 4) is 0 Å². The molecule has 0 heterocycles. The van der Waals surface area contributed by atoms with Gasteiger partial charge in [0.05, 0.1) is 0 Å². The molecule has 1 aliphatic carbocycles. The maximum Gasteiger partial charge on any atom is 0.0474 e. The minimum absolute atomic E-state index is 0.303. The van der Waals surface area contributed by atoms with Crippen LogP contribution < -0.4 is 5.32 Å². The highest BCUT2D eigenvalue weighted by Crippen LogP contribution is 2.28. The molecule has 2 rings (SSSR count). The van der Waals surface area contributed by atoms with Crippen LogP contribution in [0.1, 0.15) is 57.1 Å². The fraction of sp³-hybridized carbons (Fsp3) is 0.647. The highest BCUT2D eigenvalue weighted by atomic mass is 35.5. The van der Waals surface area contributed by atoms with Gasteiger partial charge >= 0.3 is 0 Å². The Morgan fingerprint density at radius 3 is 2.60 bits per heavy atom. The van der Waals surface area contributed by atoms with E-state index in [0.29, 0.717) is 24.6 Å².